The molecular weight excluding hydrogens is 301 g/mol. The average molecular weight is 315 g/mol. The Morgan fingerprint density at radius 3 is 2.47 bits per heavy atom. The first-order valence-electron chi connectivity index (χ1n) is 5.49. The molecule has 0 spiro atoms. The highest BCUT2D eigenvalue weighted by molar-refractivity contribution is 14.1. The fourth-order valence-corrected chi connectivity index (χ4v) is 3.59. The maximum absolute atomic E-state index is 4.42. The number of alkyl halides is 1. The minimum absolute atomic E-state index is 0.903. The zero-order chi connectivity index (χ0) is 10.4. The fraction of sp³-hybridized carbons (Fsp3) is 0.636. The molecule has 1 aliphatic heterocycles. The first-order valence-corrected chi connectivity index (χ1v) is 6.74. The van der Waals surface area contributed by atoms with Crippen LogP contribution in [0.2, 0.25) is 0 Å². The summed E-state index contributed by atoms with van der Waals surface area (Å²) in [5, 5.41) is 0. The van der Waals surface area contributed by atoms with E-state index in [2.05, 4.69) is 44.4 Å². The van der Waals surface area contributed by atoms with Crippen LogP contribution in [0.1, 0.15) is 12.5 Å². The number of anilines is 1. The van der Waals surface area contributed by atoms with Crippen LogP contribution in [0.15, 0.2) is 12.4 Å². The van der Waals surface area contributed by atoms with Crippen LogP contribution in [-0.4, -0.2) is 27.0 Å². The molecule has 1 aliphatic carbocycles. The molecule has 3 atom stereocenters. The smallest absolute Gasteiger partial charge is 0.225 e. The highest BCUT2D eigenvalue weighted by atomic mass is 127. The Hall–Kier alpha value is -0.390. The van der Waals surface area contributed by atoms with Crippen LogP contribution < -0.4 is 4.90 Å². The predicted octanol–water partition coefficient (Wildman–Crippen LogP) is 1.91. The second-order valence-corrected chi connectivity index (χ2v) is 5.86. The van der Waals surface area contributed by atoms with Gasteiger partial charge in [0.25, 0.3) is 0 Å². The van der Waals surface area contributed by atoms with Crippen molar-refractivity contribution >= 4 is 28.5 Å². The van der Waals surface area contributed by atoms with Gasteiger partial charge in [-0.25, -0.2) is 9.97 Å². The maximum Gasteiger partial charge on any atom is 0.225 e. The van der Waals surface area contributed by atoms with Gasteiger partial charge < -0.3 is 4.90 Å². The second kappa shape index (κ2) is 3.57. The molecule has 1 aromatic heterocycles. The van der Waals surface area contributed by atoms with Crippen molar-refractivity contribution < 1.29 is 0 Å². The summed E-state index contributed by atoms with van der Waals surface area (Å²) in [5.41, 5.74) is 1.22. The van der Waals surface area contributed by atoms with Crippen LogP contribution in [-0.2, 0) is 6.42 Å². The summed E-state index contributed by atoms with van der Waals surface area (Å²) in [5.74, 6) is 2.73. The van der Waals surface area contributed by atoms with Crippen molar-refractivity contribution in [2.75, 3.05) is 18.0 Å². The third-order valence-corrected chi connectivity index (χ3v) is 5.32. The highest BCUT2D eigenvalue weighted by Gasteiger charge is 2.54. The third-order valence-electron chi connectivity index (χ3n) is 3.47. The molecular formula is C11H14IN3. The number of rotatable bonds is 2. The van der Waals surface area contributed by atoms with E-state index in [0.29, 0.717) is 0 Å². The normalized spacial score (nSPS) is 32.9. The molecule has 0 unspecified atom stereocenters. The summed E-state index contributed by atoms with van der Waals surface area (Å²) in [4.78, 5) is 11.2. The molecule has 0 amide bonds. The number of aryl methyl sites for hydroxylation is 1. The first kappa shape index (κ1) is 9.81. The van der Waals surface area contributed by atoms with Crippen LogP contribution in [0.4, 0.5) is 5.95 Å². The van der Waals surface area contributed by atoms with Crippen molar-refractivity contribution in [1.29, 1.82) is 0 Å². The SMILES string of the molecule is CCc1cnc(N2C[C@@H]3[C@@H](I)[C@@H]3C2)nc1. The van der Waals surface area contributed by atoms with Gasteiger partial charge in [0.2, 0.25) is 5.95 Å². The van der Waals surface area contributed by atoms with Crippen LogP contribution in [0.3, 0.4) is 0 Å². The van der Waals surface area contributed by atoms with Crippen LogP contribution >= 0.6 is 22.6 Å². The van der Waals surface area contributed by atoms with E-state index in [1.165, 1.54) is 5.56 Å². The van der Waals surface area contributed by atoms with Gasteiger partial charge in [-0.1, -0.05) is 29.5 Å². The monoisotopic (exact) mass is 315 g/mol. The number of halogens is 1. The van der Waals surface area contributed by atoms with Crippen LogP contribution in [0.5, 0.6) is 0 Å². The molecule has 4 heteroatoms. The van der Waals surface area contributed by atoms with Crippen molar-refractivity contribution in [2.24, 2.45) is 11.8 Å². The lowest BCUT2D eigenvalue weighted by molar-refractivity contribution is 0.797. The lowest BCUT2D eigenvalue weighted by Gasteiger charge is -2.18. The van der Waals surface area contributed by atoms with Gasteiger partial charge in [0, 0.05) is 29.4 Å². The van der Waals surface area contributed by atoms with Crippen molar-refractivity contribution in [3.63, 3.8) is 0 Å². The minimum atomic E-state index is 0.903. The summed E-state index contributed by atoms with van der Waals surface area (Å²) >= 11 is 2.57. The van der Waals surface area contributed by atoms with Crippen molar-refractivity contribution in [2.45, 2.75) is 17.3 Å². The Morgan fingerprint density at radius 2 is 1.93 bits per heavy atom. The van der Waals surface area contributed by atoms with Gasteiger partial charge in [-0.15, -0.1) is 0 Å². The molecule has 80 valence electrons. The highest BCUT2D eigenvalue weighted by Crippen LogP contribution is 2.51. The van der Waals surface area contributed by atoms with E-state index in [-0.39, 0.29) is 0 Å². The molecule has 2 aliphatic rings. The number of hydrogen-bond acceptors (Lipinski definition) is 3. The van der Waals surface area contributed by atoms with Crippen LogP contribution in [0.25, 0.3) is 0 Å². The molecule has 0 N–H and O–H groups in total. The minimum Gasteiger partial charge on any atom is -0.340 e. The molecule has 2 heterocycles. The third kappa shape index (κ3) is 1.62. The van der Waals surface area contributed by atoms with E-state index in [9.17, 15) is 0 Å². The van der Waals surface area contributed by atoms with Crippen molar-refractivity contribution in [3.05, 3.63) is 18.0 Å². The van der Waals surface area contributed by atoms with E-state index >= 15 is 0 Å². The standard InChI is InChI=1S/C11H14IN3/c1-2-7-3-13-11(14-4-7)15-5-8-9(6-15)10(8)12/h3-4,8-10H,2,5-6H2,1H3/t8-,9+,10+. The Labute approximate surface area is 103 Å². The molecule has 1 saturated heterocycles. The number of hydrogen-bond donors (Lipinski definition) is 0. The second-order valence-electron chi connectivity index (χ2n) is 4.42. The van der Waals surface area contributed by atoms with E-state index in [1.807, 2.05) is 12.4 Å². The van der Waals surface area contributed by atoms with Gasteiger partial charge in [-0.2, -0.15) is 0 Å². The summed E-state index contributed by atoms with van der Waals surface area (Å²) in [6.45, 7) is 4.44. The van der Waals surface area contributed by atoms with Crippen LogP contribution in [0, 0.1) is 11.8 Å². The Balaban J connectivity index is 1.72. The van der Waals surface area contributed by atoms with E-state index in [1.54, 1.807) is 0 Å². The molecule has 0 radical (unpaired) electrons. The average Bonchev–Trinajstić information content (AvgIpc) is 2.74. The molecule has 1 aromatic rings. The number of nitrogens with zero attached hydrogens (tertiary/aromatic N) is 3. The zero-order valence-electron chi connectivity index (χ0n) is 8.73. The van der Waals surface area contributed by atoms with E-state index in [4.69, 9.17) is 0 Å². The summed E-state index contributed by atoms with van der Waals surface area (Å²) in [6.07, 6.45) is 4.92. The van der Waals surface area contributed by atoms with Gasteiger partial charge in [0.15, 0.2) is 0 Å². The van der Waals surface area contributed by atoms with Gasteiger partial charge in [0.1, 0.15) is 0 Å². The molecule has 0 bridgehead atoms. The van der Waals surface area contributed by atoms with E-state index in [0.717, 1.165) is 41.2 Å². The summed E-state index contributed by atoms with van der Waals surface area (Å²) in [6, 6.07) is 0. The quantitative estimate of drug-likeness (QED) is 0.617. The topological polar surface area (TPSA) is 29.0 Å². The number of piperidine rings is 1. The van der Waals surface area contributed by atoms with Crippen molar-refractivity contribution in [1.82, 2.24) is 9.97 Å². The van der Waals surface area contributed by atoms with Gasteiger partial charge in [0.05, 0.1) is 0 Å². The maximum atomic E-state index is 4.42. The Morgan fingerprint density at radius 1 is 1.33 bits per heavy atom. The van der Waals surface area contributed by atoms with E-state index < -0.39 is 0 Å². The Bertz CT molecular complexity index is 353. The lowest BCUT2D eigenvalue weighted by atomic mass is 10.3. The molecule has 0 aromatic carbocycles. The molecule has 3 rings (SSSR count). The number of aromatic nitrogens is 2. The molecule has 1 saturated carbocycles. The summed E-state index contributed by atoms with van der Waals surface area (Å²) in [7, 11) is 0. The van der Waals surface area contributed by atoms with Gasteiger partial charge >= 0.3 is 0 Å². The lowest BCUT2D eigenvalue weighted by Crippen LogP contribution is -2.25. The predicted molar refractivity (Wildman–Crippen MR) is 68.4 cm³/mol. The number of fused-ring (bicyclic) bond motifs is 1. The van der Waals surface area contributed by atoms with Crippen molar-refractivity contribution in [3.8, 4) is 0 Å². The largest absolute Gasteiger partial charge is 0.340 e. The molecule has 3 nitrogen and oxygen atoms in total. The molecule has 2 fully saturated rings. The zero-order valence-corrected chi connectivity index (χ0v) is 10.9. The fourth-order valence-electron chi connectivity index (χ4n) is 2.31. The Kier molecular flexibility index (Phi) is 2.34. The molecule has 15 heavy (non-hydrogen) atoms. The van der Waals surface area contributed by atoms with Gasteiger partial charge in [-0.3, -0.25) is 0 Å². The summed E-state index contributed by atoms with van der Waals surface area (Å²) < 4.78 is 0.911. The van der Waals surface area contributed by atoms with Gasteiger partial charge in [-0.05, 0) is 23.8 Å². The first-order chi connectivity index (χ1) is 7.29.